The molecule has 0 fully saturated rings. The van der Waals surface area contributed by atoms with E-state index in [1.54, 1.807) is 0 Å². The fraction of sp³-hybridized carbons (Fsp3) is 0. The summed E-state index contributed by atoms with van der Waals surface area (Å²) in [4.78, 5) is 29.3. The van der Waals surface area contributed by atoms with Crippen molar-refractivity contribution in [3.05, 3.63) is 0 Å². The molecular weight excluding hydrogens is 275 g/mol. The molecule has 106 valence electrons. The number of hydrogen-bond acceptors (Lipinski definition) is 4. The third-order valence-corrected chi connectivity index (χ3v) is 0. The molecule has 0 bridgehead atoms. The standard InChI is InChI=1S/K.H4O4Si.9H2O.H/c;1-5(2,3)4;;;;;;;;;;/h;1-4H;9*1H2;. The molecule has 0 heterocycles. The second-order valence-corrected chi connectivity index (χ2v) is 1.80. The normalized spacial score (nSPS) is 4.00. The van der Waals surface area contributed by atoms with Crippen molar-refractivity contribution in [3.8, 4) is 0 Å². The predicted molar refractivity (Wildman–Crippen MR) is 54.3 cm³/mol. The van der Waals surface area contributed by atoms with Gasteiger partial charge in [0.25, 0.3) is 0 Å². The summed E-state index contributed by atoms with van der Waals surface area (Å²) < 4.78 is 0. The van der Waals surface area contributed by atoms with E-state index in [4.69, 9.17) is 19.2 Å². The Morgan fingerprint density at radius 3 is 0.400 bits per heavy atom. The maximum atomic E-state index is 7.33. The average Bonchev–Trinajstić information content (AvgIpc) is 0.722. The van der Waals surface area contributed by atoms with E-state index in [9.17, 15) is 0 Å². The van der Waals surface area contributed by atoms with Gasteiger partial charge in [0, 0.05) is 0 Å². The molecule has 0 unspecified atom stereocenters. The van der Waals surface area contributed by atoms with Gasteiger partial charge >= 0.3 is 60.4 Å². The van der Waals surface area contributed by atoms with Crippen molar-refractivity contribution in [1.29, 1.82) is 0 Å². The van der Waals surface area contributed by atoms with E-state index in [0.717, 1.165) is 0 Å². The van der Waals surface area contributed by atoms with Crippen LogP contribution in [0.15, 0.2) is 0 Å². The van der Waals surface area contributed by atoms with Crippen molar-refractivity contribution >= 4 is 60.4 Å². The zero-order valence-electron chi connectivity index (χ0n) is 6.79. The SMILES string of the molecule is O.O.O.O.O.O.O.O.O.O[Si](O)(O)O.[KH]. The summed E-state index contributed by atoms with van der Waals surface area (Å²) in [6, 6.07) is 0. The van der Waals surface area contributed by atoms with Crippen molar-refractivity contribution < 1.29 is 68.5 Å². The molecule has 0 radical (unpaired) electrons. The molecule has 0 saturated heterocycles. The molecule has 15 heteroatoms. The molecule has 0 aromatic carbocycles. The van der Waals surface area contributed by atoms with Crippen LogP contribution in [0.2, 0.25) is 0 Å². The first-order chi connectivity index (χ1) is 2.00. The van der Waals surface area contributed by atoms with Gasteiger partial charge in [0.15, 0.2) is 0 Å². The second-order valence-electron chi connectivity index (χ2n) is 0.600. The molecule has 0 aliphatic heterocycles. The Hall–Kier alpha value is 1.33. The molecular formula is H23KO13Si. The van der Waals surface area contributed by atoms with Gasteiger partial charge in [0.1, 0.15) is 0 Å². The summed E-state index contributed by atoms with van der Waals surface area (Å²) in [5.74, 6) is 0. The van der Waals surface area contributed by atoms with Gasteiger partial charge < -0.3 is 68.5 Å². The minimum absolute atomic E-state index is 0. The fourth-order valence-corrected chi connectivity index (χ4v) is 0. The molecule has 0 spiro atoms. The first-order valence-electron chi connectivity index (χ1n) is 0.894. The van der Waals surface area contributed by atoms with Crippen molar-refractivity contribution in [2.24, 2.45) is 0 Å². The Morgan fingerprint density at radius 2 is 0.400 bits per heavy atom. The first kappa shape index (κ1) is 135. The van der Waals surface area contributed by atoms with Crippen molar-refractivity contribution in [2.45, 2.75) is 0 Å². The Labute approximate surface area is 128 Å². The van der Waals surface area contributed by atoms with Crippen molar-refractivity contribution in [3.63, 3.8) is 0 Å². The van der Waals surface area contributed by atoms with Crippen molar-refractivity contribution in [2.75, 3.05) is 0 Å². The van der Waals surface area contributed by atoms with E-state index in [2.05, 4.69) is 0 Å². The summed E-state index contributed by atoms with van der Waals surface area (Å²) in [5.41, 5.74) is 0. The van der Waals surface area contributed by atoms with Crippen LogP contribution < -0.4 is 0 Å². The van der Waals surface area contributed by atoms with Crippen LogP contribution in [0.1, 0.15) is 0 Å². The van der Waals surface area contributed by atoms with Gasteiger partial charge in [-0.05, 0) is 0 Å². The average molecular weight is 298 g/mol. The quantitative estimate of drug-likeness (QED) is 0.316. The van der Waals surface area contributed by atoms with Crippen LogP contribution in [0.3, 0.4) is 0 Å². The van der Waals surface area contributed by atoms with E-state index < -0.39 is 9.05 Å². The van der Waals surface area contributed by atoms with Crippen LogP contribution in [0.4, 0.5) is 0 Å². The van der Waals surface area contributed by atoms with E-state index >= 15 is 0 Å². The van der Waals surface area contributed by atoms with Crippen molar-refractivity contribution in [1.82, 2.24) is 0 Å². The molecule has 22 N–H and O–H groups in total. The summed E-state index contributed by atoms with van der Waals surface area (Å²) in [6.45, 7) is 0. The van der Waals surface area contributed by atoms with Crippen LogP contribution in [0.5, 0.6) is 0 Å². The summed E-state index contributed by atoms with van der Waals surface area (Å²) in [5, 5.41) is 0. The van der Waals surface area contributed by atoms with Crippen LogP contribution in [-0.4, -0.2) is 129 Å². The third-order valence-electron chi connectivity index (χ3n) is 0. The Balaban J connectivity index is -0.00000000178. The van der Waals surface area contributed by atoms with Gasteiger partial charge in [0.05, 0.1) is 0 Å². The second kappa shape index (κ2) is 58.6. The summed E-state index contributed by atoms with van der Waals surface area (Å²) in [6.07, 6.45) is 0. The molecule has 0 aliphatic carbocycles. The molecule has 0 amide bonds. The number of hydrogen-bond donors (Lipinski definition) is 4. The van der Waals surface area contributed by atoms with Gasteiger partial charge in [-0.15, -0.1) is 0 Å². The zero-order chi connectivity index (χ0) is 4.50. The van der Waals surface area contributed by atoms with E-state index in [-0.39, 0.29) is 101 Å². The molecule has 0 rings (SSSR count). The van der Waals surface area contributed by atoms with Crippen LogP contribution in [-0.2, 0) is 0 Å². The molecule has 15 heavy (non-hydrogen) atoms. The van der Waals surface area contributed by atoms with E-state index in [1.807, 2.05) is 0 Å². The topological polar surface area (TPSA) is 364 Å². The van der Waals surface area contributed by atoms with Gasteiger partial charge in [0.2, 0.25) is 0 Å². The Kier molecular flexibility index (Phi) is 527. The number of rotatable bonds is 0. The first-order valence-corrected chi connectivity index (χ1v) is 2.68. The fourth-order valence-electron chi connectivity index (χ4n) is 0. The molecule has 0 aromatic rings. The summed E-state index contributed by atoms with van der Waals surface area (Å²) >= 11 is 0. The van der Waals surface area contributed by atoms with Gasteiger partial charge in [-0.1, -0.05) is 0 Å². The molecule has 0 atom stereocenters. The summed E-state index contributed by atoms with van der Waals surface area (Å²) in [7, 11) is -4.61. The molecule has 0 aromatic heterocycles. The van der Waals surface area contributed by atoms with Gasteiger partial charge in [-0.2, -0.15) is 0 Å². The van der Waals surface area contributed by atoms with E-state index in [0.29, 0.717) is 0 Å². The maximum absolute atomic E-state index is 7.33. The Bertz CT molecular complexity index is 26.0. The molecule has 0 aliphatic rings. The third kappa shape index (κ3) is 1530. The Morgan fingerprint density at radius 1 is 0.400 bits per heavy atom. The van der Waals surface area contributed by atoms with E-state index in [1.165, 1.54) is 0 Å². The minimum atomic E-state index is -4.61. The van der Waals surface area contributed by atoms with Crippen LogP contribution in [0.25, 0.3) is 0 Å². The molecule has 0 saturated carbocycles. The van der Waals surface area contributed by atoms with Gasteiger partial charge in [-0.25, -0.2) is 0 Å². The van der Waals surface area contributed by atoms with Crippen LogP contribution >= 0.6 is 0 Å². The zero-order valence-corrected chi connectivity index (χ0v) is 7.79. The molecule has 13 nitrogen and oxygen atoms in total. The monoisotopic (exact) mass is 298 g/mol. The van der Waals surface area contributed by atoms with Gasteiger partial charge in [-0.3, -0.25) is 0 Å². The van der Waals surface area contributed by atoms with Crippen LogP contribution in [0, 0.1) is 0 Å². The predicted octanol–water partition coefficient (Wildman–Crippen LogP) is -10.7.